The summed E-state index contributed by atoms with van der Waals surface area (Å²) < 4.78 is 17.1. The average molecular weight is 405 g/mol. The van der Waals surface area contributed by atoms with E-state index < -0.39 is 0 Å². The summed E-state index contributed by atoms with van der Waals surface area (Å²) in [7, 11) is 1.64. The molecule has 1 unspecified atom stereocenters. The van der Waals surface area contributed by atoms with E-state index in [4.69, 9.17) is 19.9 Å². The van der Waals surface area contributed by atoms with E-state index in [1.807, 2.05) is 48.5 Å². The van der Waals surface area contributed by atoms with Crippen molar-refractivity contribution in [3.63, 3.8) is 0 Å². The van der Waals surface area contributed by atoms with Gasteiger partial charge in [-0.05, 0) is 30.3 Å². The number of fused-ring (bicyclic) bond motifs is 3. The van der Waals surface area contributed by atoms with Gasteiger partial charge < -0.3 is 30.2 Å². The van der Waals surface area contributed by atoms with Crippen molar-refractivity contribution in [1.29, 1.82) is 0 Å². The Hall–Kier alpha value is -3.22. The van der Waals surface area contributed by atoms with Gasteiger partial charge in [-0.1, -0.05) is 36.4 Å². The SMILES string of the molecule is COc1ccccc1OCCNCC(N)COc1cccc2[nH]c3ccccc3c12. The largest absolute Gasteiger partial charge is 0.493 e. The molecule has 3 aromatic carbocycles. The number of nitrogens with one attached hydrogen (secondary N) is 2. The maximum atomic E-state index is 6.24. The highest BCUT2D eigenvalue weighted by atomic mass is 16.5. The highest BCUT2D eigenvalue weighted by Gasteiger charge is 2.11. The van der Waals surface area contributed by atoms with Crippen LogP contribution in [0.5, 0.6) is 17.2 Å². The molecule has 0 aliphatic carbocycles. The van der Waals surface area contributed by atoms with Crippen LogP contribution in [-0.2, 0) is 0 Å². The van der Waals surface area contributed by atoms with Crippen LogP contribution in [0.15, 0.2) is 66.7 Å². The Morgan fingerprint density at radius 1 is 0.867 bits per heavy atom. The molecule has 0 bridgehead atoms. The molecule has 6 heteroatoms. The first-order valence-corrected chi connectivity index (χ1v) is 10.1. The van der Waals surface area contributed by atoms with Gasteiger partial charge in [-0.25, -0.2) is 0 Å². The molecule has 0 radical (unpaired) electrons. The Kier molecular flexibility index (Phi) is 6.37. The number of aromatic amines is 1. The fourth-order valence-corrected chi connectivity index (χ4v) is 3.50. The van der Waals surface area contributed by atoms with Crippen LogP contribution in [-0.4, -0.2) is 44.4 Å². The van der Waals surface area contributed by atoms with Gasteiger partial charge in [0.25, 0.3) is 0 Å². The van der Waals surface area contributed by atoms with Gasteiger partial charge in [0.1, 0.15) is 19.0 Å². The van der Waals surface area contributed by atoms with E-state index in [0.29, 0.717) is 26.3 Å². The van der Waals surface area contributed by atoms with Crippen LogP contribution >= 0.6 is 0 Å². The Labute approximate surface area is 175 Å². The molecule has 0 fully saturated rings. The lowest BCUT2D eigenvalue weighted by Crippen LogP contribution is -2.39. The minimum atomic E-state index is -0.128. The molecular weight excluding hydrogens is 378 g/mol. The minimum absolute atomic E-state index is 0.128. The van der Waals surface area contributed by atoms with Crippen LogP contribution in [0.2, 0.25) is 0 Å². The van der Waals surface area contributed by atoms with Gasteiger partial charge in [-0.3, -0.25) is 0 Å². The third kappa shape index (κ3) is 4.50. The van der Waals surface area contributed by atoms with Crippen molar-refractivity contribution in [3.05, 3.63) is 66.7 Å². The predicted molar refractivity (Wildman–Crippen MR) is 121 cm³/mol. The Morgan fingerprint density at radius 2 is 1.60 bits per heavy atom. The van der Waals surface area contributed by atoms with Gasteiger partial charge in [0.05, 0.1) is 18.7 Å². The lowest BCUT2D eigenvalue weighted by Gasteiger charge is -2.15. The van der Waals surface area contributed by atoms with E-state index in [1.54, 1.807) is 7.11 Å². The van der Waals surface area contributed by atoms with Crippen LogP contribution < -0.4 is 25.3 Å². The summed E-state index contributed by atoms with van der Waals surface area (Å²) in [5, 5.41) is 5.57. The Balaban J connectivity index is 1.26. The van der Waals surface area contributed by atoms with Gasteiger partial charge in [-0.2, -0.15) is 0 Å². The molecule has 0 aliphatic rings. The van der Waals surface area contributed by atoms with Crippen LogP contribution in [0, 0.1) is 0 Å². The van der Waals surface area contributed by atoms with Gasteiger partial charge >= 0.3 is 0 Å². The molecule has 0 saturated carbocycles. The highest BCUT2D eigenvalue weighted by Crippen LogP contribution is 2.32. The van der Waals surface area contributed by atoms with Crippen molar-refractivity contribution >= 4 is 21.8 Å². The van der Waals surface area contributed by atoms with E-state index in [0.717, 1.165) is 39.1 Å². The number of H-pyrrole nitrogens is 1. The van der Waals surface area contributed by atoms with Gasteiger partial charge in [-0.15, -0.1) is 0 Å². The quantitative estimate of drug-likeness (QED) is 0.351. The second-order valence-electron chi connectivity index (χ2n) is 7.12. The zero-order valence-corrected chi connectivity index (χ0v) is 17.1. The van der Waals surface area contributed by atoms with E-state index in [-0.39, 0.29) is 6.04 Å². The number of hydrogen-bond donors (Lipinski definition) is 3. The minimum Gasteiger partial charge on any atom is -0.493 e. The molecule has 0 spiro atoms. The first kappa shape index (κ1) is 20.1. The number of aromatic nitrogens is 1. The van der Waals surface area contributed by atoms with Crippen molar-refractivity contribution in [2.45, 2.75) is 6.04 Å². The van der Waals surface area contributed by atoms with Crippen LogP contribution in [0.25, 0.3) is 21.8 Å². The van der Waals surface area contributed by atoms with Crippen molar-refractivity contribution in [2.24, 2.45) is 5.73 Å². The van der Waals surface area contributed by atoms with Crippen molar-refractivity contribution in [2.75, 3.05) is 33.4 Å². The van der Waals surface area contributed by atoms with Gasteiger partial charge in [0.15, 0.2) is 11.5 Å². The molecule has 1 aromatic heterocycles. The number of para-hydroxylation sites is 3. The topological polar surface area (TPSA) is 81.5 Å². The maximum Gasteiger partial charge on any atom is 0.161 e. The summed E-state index contributed by atoms with van der Waals surface area (Å²) >= 11 is 0. The number of methoxy groups -OCH3 is 1. The summed E-state index contributed by atoms with van der Waals surface area (Å²) in [5.41, 5.74) is 8.40. The van der Waals surface area contributed by atoms with Crippen LogP contribution in [0.1, 0.15) is 0 Å². The van der Waals surface area contributed by atoms with E-state index >= 15 is 0 Å². The zero-order chi connectivity index (χ0) is 20.8. The van der Waals surface area contributed by atoms with Gasteiger partial charge in [0, 0.05) is 29.4 Å². The van der Waals surface area contributed by atoms with Crippen molar-refractivity contribution < 1.29 is 14.2 Å². The highest BCUT2D eigenvalue weighted by molar-refractivity contribution is 6.10. The number of hydrogen-bond acceptors (Lipinski definition) is 5. The second-order valence-corrected chi connectivity index (χ2v) is 7.12. The normalized spacial score (nSPS) is 12.2. The first-order valence-electron chi connectivity index (χ1n) is 10.1. The fraction of sp³-hybridized carbons (Fsp3) is 0.250. The molecule has 0 saturated heterocycles. The number of rotatable bonds is 10. The van der Waals surface area contributed by atoms with Crippen LogP contribution in [0.4, 0.5) is 0 Å². The van der Waals surface area contributed by atoms with E-state index in [1.165, 1.54) is 0 Å². The monoisotopic (exact) mass is 405 g/mol. The first-order chi connectivity index (χ1) is 14.8. The summed E-state index contributed by atoms with van der Waals surface area (Å²) in [6, 6.07) is 21.8. The number of nitrogens with two attached hydrogens (primary N) is 1. The lowest BCUT2D eigenvalue weighted by molar-refractivity contribution is 0.273. The number of benzene rings is 3. The van der Waals surface area contributed by atoms with Crippen molar-refractivity contribution in [3.8, 4) is 17.2 Å². The molecule has 30 heavy (non-hydrogen) atoms. The molecule has 1 atom stereocenters. The van der Waals surface area contributed by atoms with Crippen LogP contribution in [0.3, 0.4) is 0 Å². The molecule has 156 valence electrons. The smallest absolute Gasteiger partial charge is 0.161 e. The third-order valence-corrected chi connectivity index (χ3v) is 4.96. The summed E-state index contributed by atoms with van der Waals surface area (Å²) in [6.07, 6.45) is 0. The zero-order valence-electron chi connectivity index (χ0n) is 17.1. The average Bonchev–Trinajstić information content (AvgIpc) is 3.17. The van der Waals surface area contributed by atoms with Gasteiger partial charge in [0.2, 0.25) is 0 Å². The third-order valence-electron chi connectivity index (χ3n) is 4.96. The fourth-order valence-electron chi connectivity index (χ4n) is 3.50. The molecule has 1 heterocycles. The molecule has 0 amide bonds. The van der Waals surface area contributed by atoms with E-state index in [2.05, 4.69) is 28.5 Å². The maximum absolute atomic E-state index is 6.24. The Morgan fingerprint density at radius 3 is 2.47 bits per heavy atom. The summed E-state index contributed by atoms with van der Waals surface area (Å²) in [4.78, 5) is 3.43. The molecule has 6 nitrogen and oxygen atoms in total. The Bertz CT molecular complexity index is 1110. The molecule has 4 rings (SSSR count). The molecule has 4 N–H and O–H groups in total. The standard InChI is InChI=1S/C24H27N3O3/c1-28-21-10-4-5-11-22(21)29-14-13-26-15-17(25)16-30-23-12-6-9-20-24(23)18-7-2-3-8-19(18)27-20/h2-12,17,26-27H,13-16,25H2,1H3. The molecular formula is C24H27N3O3. The summed E-state index contributed by atoms with van der Waals surface area (Å²) in [6.45, 7) is 2.28. The van der Waals surface area contributed by atoms with Crippen molar-refractivity contribution in [1.82, 2.24) is 10.3 Å². The summed E-state index contributed by atoms with van der Waals surface area (Å²) in [5.74, 6) is 2.32. The lowest BCUT2D eigenvalue weighted by atomic mass is 10.1. The van der Waals surface area contributed by atoms with E-state index in [9.17, 15) is 0 Å². The molecule has 4 aromatic rings. The predicted octanol–water partition coefficient (Wildman–Crippen LogP) is 3.70. The number of ether oxygens (including phenoxy) is 3. The molecule has 0 aliphatic heterocycles. The second kappa shape index (κ2) is 9.52.